The second-order valence-corrected chi connectivity index (χ2v) is 6.02. The Hall–Kier alpha value is -3.25. The molecule has 1 N–H and O–H groups in total. The molecule has 2 aromatic carbocycles. The molecule has 4 rings (SSSR count). The molecule has 5 nitrogen and oxygen atoms in total. The highest BCUT2D eigenvalue weighted by Gasteiger charge is 2.14. The molecule has 26 heavy (non-hydrogen) atoms. The van der Waals surface area contributed by atoms with E-state index in [1.54, 1.807) is 48.8 Å². The first-order valence-electron chi connectivity index (χ1n) is 7.77. The van der Waals surface area contributed by atoms with Gasteiger partial charge in [0.05, 0.1) is 28.5 Å². The first-order chi connectivity index (χ1) is 12.6. The van der Waals surface area contributed by atoms with Crippen LogP contribution in [0.15, 0.2) is 71.8 Å². The number of pyridine rings is 1. The van der Waals surface area contributed by atoms with Crippen molar-refractivity contribution in [1.29, 1.82) is 0 Å². The largest absolute Gasteiger partial charge is 0.324 e. The smallest absolute Gasteiger partial charge is 0.267 e. The second kappa shape index (κ2) is 6.57. The van der Waals surface area contributed by atoms with Crippen LogP contribution in [0, 0.1) is 5.82 Å². The van der Waals surface area contributed by atoms with Gasteiger partial charge < -0.3 is 5.32 Å². The molecule has 2 aromatic heterocycles. The Morgan fingerprint density at radius 1 is 1.08 bits per heavy atom. The molecule has 0 aliphatic rings. The second-order valence-electron chi connectivity index (χ2n) is 5.58. The van der Waals surface area contributed by atoms with E-state index in [1.807, 2.05) is 0 Å². The SMILES string of the molecule is O=c1c2cc(F)ccc2nc(Nc2cccnc2)n1-c1cccc(Cl)c1. The van der Waals surface area contributed by atoms with Crippen molar-refractivity contribution in [2.75, 3.05) is 5.32 Å². The van der Waals surface area contributed by atoms with E-state index in [0.29, 0.717) is 21.9 Å². The van der Waals surface area contributed by atoms with Crippen LogP contribution in [-0.2, 0) is 0 Å². The summed E-state index contributed by atoms with van der Waals surface area (Å²) in [6, 6.07) is 14.3. The van der Waals surface area contributed by atoms with E-state index >= 15 is 0 Å². The molecule has 0 amide bonds. The summed E-state index contributed by atoms with van der Waals surface area (Å²) in [4.78, 5) is 21.6. The van der Waals surface area contributed by atoms with Gasteiger partial charge in [0.15, 0.2) is 0 Å². The molecule has 7 heteroatoms. The van der Waals surface area contributed by atoms with Crippen molar-refractivity contribution >= 4 is 34.1 Å². The van der Waals surface area contributed by atoms with Gasteiger partial charge in [-0.05, 0) is 48.5 Å². The Balaban J connectivity index is 2.00. The van der Waals surface area contributed by atoms with Crippen LogP contribution in [0.1, 0.15) is 0 Å². The van der Waals surface area contributed by atoms with Gasteiger partial charge in [-0.15, -0.1) is 0 Å². The van der Waals surface area contributed by atoms with Crippen LogP contribution in [0.5, 0.6) is 0 Å². The monoisotopic (exact) mass is 366 g/mol. The number of benzene rings is 2. The minimum atomic E-state index is -0.498. The number of halogens is 2. The molecule has 4 aromatic rings. The number of nitrogens with one attached hydrogen (secondary N) is 1. The van der Waals surface area contributed by atoms with Gasteiger partial charge in [-0.3, -0.25) is 9.78 Å². The van der Waals surface area contributed by atoms with E-state index < -0.39 is 11.4 Å². The average molecular weight is 367 g/mol. The Kier molecular flexibility index (Phi) is 4.10. The first kappa shape index (κ1) is 16.2. The lowest BCUT2D eigenvalue weighted by atomic mass is 10.2. The summed E-state index contributed by atoms with van der Waals surface area (Å²) >= 11 is 6.08. The van der Waals surface area contributed by atoms with E-state index in [1.165, 1.54) is 22.8 Å². The zero-order valence-electron chi connectivity index (χ0n) is 13.4. The van der Waals surface area contributed by atoms with Crippen molar-refractivity contribution in [3.05, 3.63) is 88.2 Å². The van der Waals surface area contributed by atoms with Crippen LogP contribution in [0.3, 0.4) is 0 Å². The fraction of sp³-hybridized carbons (Fsp3) is 0. The molecule has 0 unspecified atom stereocenters. The number of hydrogen-bond acceptors (Lipinski definition) is 4. The highest BCUT2D eigenvalue weighted by Crippen LogP contribution is 2.22. The van der Waals surface area contributed by atoms with Crippen molar-refractivity contribution in [1.82, 2.24) is 14.5 Å². The topological polar surface area (TPSA) is 59.8 Å². The minimum Gasteiger partial charge on any atom is -0.324 e. The molecule has 128 valence electrons. The highest BCUT2D eigenvalue weighted by atomic mass is 35.5. The van der Waals surface area contributed by atoms with Crippen LogP contribution in [0.25, 0.3) is 16.6 Å². The van der Waals surface area contributed by atoms with Gasteiger partial charge >= 0.3 is 0 Å². The van der Waals surface area contributed by atoms with Crippen molar-refractivity contribution in [3.63, 3.8) is 0 Å². The molecular weight excluding hydrogens is 355 g/mol. The van der Waals surface area contributed by atoms with Crippen molar-refractivity contribution in [2.24, 2.45) is 0 Å². The Labute approximate surface area is 152 Å². The molecule has 0 aliphatic heterocycles. The van der Waals surface area contributed by atoms with Gasteiger partial charge in [-0.2, -0.15) is 0 Å². The molecule has 0 saturated carbocycles. The number of nitrogens with zero attached hydrogens (tertiary/aromatic N) is 3. The highest BCUT2D eigenvalue weighted by molar-refractivity contribution is 6.30. The molecule has 0 spiro atoms. The van der Waals surface area contributed by atoms with Gasteiger partial charge in [-0.25, -0.2) is 13.9 Å². The third-order valence-electron chi connectivity index (χ3n) is 3.81. The fourth-order valence-corrected chi connectivity index (χ4v) is 2.85. The van der Waals surface area contributed by atoms with Crippen molar-refractivity contribution in [2.45, 2.75) is 0 Å². The van der Waals surface area contributed by atoms with Gasteiger partial charge in [0.25, 0.3) is 5.56 Å². The van der Waals surface area contributed by atoms with Crippen LogP contribution in [0.4, 0.5) is 16.0 Å². The van der Waals surface area contributed by atoms with Crippen molar-refractivity contribution < 1.29 is 4.39 Å². The maximum atomic E-state index is 13.6. The maximum absolute atomic E-state index is 13.6. The third kappa shape index (κ3) is 3.02. The standard InChI is InChI=1S/C19H12ClFN4O/c20-12-3-1-5-15(9-12)25-18(26)16-10-13(21)6-7-17(16)24-19(25)23-14-4-2-8-22-11-14/h1-11H,(H,23,24). The van der Waals surface area contributed by atoms with E-state index in [-0.39, 0.29) is 11.3 Å². The Morgan fingerprint density at radius 3 is 2.73 bits per heavy atom. The molecule has 2 heterocycles. The predicted octanol–water partition coefficient (Wildman–Crippen LogP) is 4.32. The summed E-state index contributed by atoms with van der Waals surface area (Å²) in [5.74, 6) is -0.216. The predicted molar refractivity (Wildman–Crippen MR) is 99.8 cm³/mol. The summed E-state index contributed by atoms with van der Waals surface area (Å²) in [7, 11) is 0. The van der Waals surface area contributed by atoms with E-state index in [2.05, 4.69) is 15.3 Å². The van der Waals surface area contributed by atoms with Crippen LogP contribution in [-0.4, -0.2) is 14.5 Å². The molecule has 0 radical (unpaired) electrons. The number of aromatic nitrogens is 3. The van der Waals surface area contributed by atoms with Crippen LogP contribution >= 0.6 is 11.6 Å². The lowest BCUT2D eigenvalue weighted by Gasteiger charge is -2.15. The average Bonchev–Trinajstić information content (AvgIpc) is 2.63. The molecule has 0 saturated heterocycles. The molecular formula is C19H12ClFN4O. The molecule has 0 atom stereocenters. The summed E-state index contributed by atoms with van der Waals surface area (Å²) in [6.45, 7) is 0. The van der Waals surface area contributed by atoms with Gasteiger partial charge in [0.2, 0.25) is 5.95 Å². The van der Waals surface area contributed by atoms with E-state index in [0.717, 1.165) is 0 Å². The first-order valence-corrected chi connectivity index (χ1v) is 8.15. The molecule has 0 aliphatic carbocycles. The third-order valence-corrected chi connectivity index (χ3v) is 4.05. The number of fused-ring (bicyclic) bond motifs is 1. The summed E-state index contributed by atoms with van der Waals surface area (Å²) in [5.41, 5.74) is 1.17. The van der Waals surface area contributed by atoms with E-state index in [4.69, 9.17) is 11.6 Å². The van der Waals surface area contributed by atoms with E-state index in [9.17, 15) is 9.18 Å². The van der Waals surface area contributed by atoms with Crippen molar-refractivity contribution in [3.8, 4) is 5.69 Å². The number of anilines is 2. The Morgan fingerprint density at radius 2 is 1.96 bits per heavy atom. The zero-order valence-corrected chi connectivity index (χ0v) is 14.1. The summed E-state index contributed by atoms with van der Waals surface area (Å²) in [5, 5.41) is 3.75. The Bertz CT molecular complexity index is 1160. The fourth-order valence-electron chi connectivity index (χ4n) is 2.66. The van der Waals surface area contributed by atoms with Crippen LogP contribution < -0.4 is 10.9 Å². The normalized spacial score (nSPS) is 10.8. The zero-order chi connectivity index (χ0) is 18.1. The maximum Gasteiger partial charge on any atom is 0.267 e. The molecule has 0 bridgehead atoms. The lowest BCUT2D eigenvalue weighted by Crippen LogP contribution is -2.23. The lowest BCUT2D eigenvalue weighted by molar-refractivity contribution is 0.629. The van der Waals surface area contributed by atoms with Crippen LogP contribution in [0.2, 0.25) is 5.02 Å². The quantitative estimate of drug-likeness (QED) is 0.586. The minimum absolute atomic E-state index is 0.182. The van der Waals surface area contributed by atoms with Gasteiger partial charge in [-0.1, -0.05) is 17.7 Å². The van der Waals surface area contributed by atoms with Gasteiger partial charge in [0.1, 0.15) is 5.82 Å². The molecule has 0 fully saturated rings. The van der Waals surface area contributed by atoms with Gasteiger partial charge in [0, 0.05) is 11.2 Å². The number of hydrogen-bond donors (Lipinski definition) is 1. The summed E-state index contributed by atoms with van der Waals surface area (Å²) < 4.78 is 15.0. The summed E-state index contributed by atoms with van der Waals surface area (Å²) in [6.07, 6.45) is 3.26. The number of rotatable bonds is 3.